The summed E-state index contributed by atoms with van der Waals surface area (Å²) in [6.07, 6.45) is 4.75. The Hall–Kier alpha value is -3.04. The minimum Gasteiger partial charge on any atom is -0.381 e. The van der Waals surface area contributed by atoms with Crippen LogP contribution in [0.3, 0.4) is 0 Å². The highest BCUT2D eigenvalue weighted by Crippen LogP contribution is 2.36. The number of ether oxygens (including phenoxy) is 1. The highest BCUT2D eigenvalue weighted by molar-refractivity contribution is 5.96. The molecule has 0 saturated carbocycles. The lowest BCUT2D eigenvalue weighted by molar-refractivity contribution is 0.0572. The third-order valence-electron chi connectivity index (χ3n) is 9.18. The Labute approximate surface area is 243 Å². The Morgan fingerprint density at radius 2 is 1.83 bits per heavy atom. The van der Waals surface area contributed by atoms with E-state index in [-0.39, 0.29) is 24.0 Å². The first-order valence-corrected chi connectivity index (χ1v) is 15.2. The largest absolute Gasteiger partial charge is 0.381 e. The zero-order chi connectivity index (χ0) is 28.9. The van der Waals surface area contributed by atoms with Gasteiger partial charge in [-0.3, -0.25) is 4.79 Å². The smallest absolute Gasteiger partial charge is 0.320 e. The Kier molecular flexibility index (Phi) is 9.55. The highest BCUT2D eigenvalue weighted by atomic mass is 19.1. The van der Waals surface area contributed by atoms with Crippen LogP contribution in [0.15, 0.2) is 36.4 Å². The Morgan fingerprint density at radius 3 is 2.51 bits per heavy atom. The summed E-state index contributed by atoms with van der Waals surface area (Å²) >= 11 is 0. The number of urea groups is 1. The first kappa shape index (κ1) is 29.5. The number of benzene rings is 1. The summed E-state index contributed by atoms with van der Waals surface area (Å²) in [6.45, 7) is 11.1. The van der Waals surface area contributed by atoms with E-state index in [0.717, 1.165) is 71.5 Å². The van der Waals surface area contributed by atoms with Crippen molar-refractivity contribution >= 4 is 11.9 Å². The fraction of sp³-hybridized carbons (Fsp3) is 0.594. The van der Waals surface area contributed by atoms with Gasteiger partial charge in [-0.2, -0.15) is 4.39 Å². The number of nitrogens with one attached hydrogen (secondary N) is 1. The van der Waals surface area contributed by atoms with Gasteiger partial charge in [0.1, 0.15) is 0 Å². The van der Waals surface area contributed by atoms with E-state index < -0.39 is 5.95 Å². The van der Waals surface area contributed by atoms with Gasteiger partial charge in [-0.25, -0.2) is 9.78 Å². The van der Waals surface area contributed by atoms with Crippen LogP contribution in [0.4, 0.5) is 9.18 Å². The second kappa shape index (κ2) is 13.3. The van der Waals surface area contributed by atoms with Gasteiger partial charge in [0.2, 0.25) is 5.95 Å². The predicted octanol–water partition coefficient (Wildman–Crippen LogP) is 4.72. The minimum absolute atomic E-state index is 0.0839. The average Bonchev–Trinajstić information content (AvgIpc) is 3.29. The zero-order valence-electron chi connectivity index (χ0n) is 24.7. The van der Waals surface area contributed by atoms with Crippen LogP contribution in [0.5, 0.6) is 0 Å². The van der Waals surface area contributed by atoms with Crippen molar-refractivity contribution in [1.29, 1.82) is 0 Å². The molecule has 1 aromatic carbocycles. The van der Waals surface area contributed by atoms with Crippen molar-refractivity contribution in [3.05, 3.63) is 64.7 Å². The van der Waals surface area contributed by atoms with Crippen LogP contribution in [0, 0.1) is 25.7 Å². The summed E-state index contributed by atoms with van der Waals surface area (Å²) in [6, 6.07) is 12.5. The minimum atomic E-state index is -0.564. The molecule has 8 nitrogen and oxygen atoms in total. The topological polar surface area (TPSA) is 78.0 Å². The lowest BCUT2D eigenvalue weighted by Gasteiger charge is -2.41. The molecule has 3 aliphatic heterocycles. The number of pyridine rings is 1. The molecule has 2 aromatic rings. The summed E-state index contributed by atoms with van der Waals surface area (Å²) in [4.78, 5) is 37.1. The van der Waals surface area contributed by atoms with Crippen LogP contribution in [-0.4, -0.2) is 89.6 Å². The number of aromatic nitrogens is 1. The van der Waals surface area contributed by atoms with E-state index >= 15 is 0 Å². The van der Waals surface area contributed by atoms with Gasteiger partial charge in [-0.05, 0) is 76.0 Å². The van der Waals surface area contributed by atoms with E-state index in [2.05, 4.69) is 56.2 Å². The standard InChI is InChI=1S/C32H44FN5O3/c1-22-19-29(33)35-24(3)30(22)31(39)34-14-9-23(2)36-15-10-27(11-16-36)38-28(26-7-5-4-6-8-26)21-37(32(38)40)20-25-12-17-41-18-13-25/h4-8,19,23,25,27-28H,9-18,20-21H2,1-3H3,(H,34,39)/t23?,28-/m0/s1. The Morgan fingerprint density at radius 1 is 1.12 bits per heavy atom. The van der Waals surface area contributed by atoms with Crippen molar-refractivity contribution in [2.45, 2.75) is 71.0 Å². The third-order valence-corrected chi connectivity index (χ3v) is 9.18. The van der Waals surface area contributed by atoms with Crippen LogP contribution < -0.4 is 5.32 Å². The molecule has 0 bridgehead atoms. The molecule has 0 aliphatic carbocycles. The average molecular weight is 566 g/mol. The molecule has 1 aromatic heterocycles. The van der Waals surface area contributed by atoms with Gasteiger partial charge >= 0.3 is 6.03 Å². The van der Waals surface area contributed by atoms with Crippen LogP contribution in [0.25, 0.3) is 0 Å². The maximum atomic E-state index is 13.8. The monoisotopic (exact) mass is 565 g/mol. The first-order valence-electron chi connectivity index (χ1n) is 15.2. The normalized spacial score (nSPS) is 21.9. The zero-order valence-corrected chi connectivity index (χ0v) is 24.7. The quantitative estimate of drug-likeness (QED) is 0.446. The summed E-state index contributed by atoms with van der Waals surface area (Å²) in [7, 11) is 0. The molecule has 4 heterocycles. The van der Waals surface area contributed by atoms with E-state index in [1.165, 1.54) is 11.6 Å². The summed E-state index contributed by atoms with van der Waals surface area (Å²) in [5.74, 6) is -0.256. The van der Waals surface area contributed by atoms with Gasteiger partial charge in [0, 0.05) is 58.0 Å². The van der Waals surface area contributed by atoms with E-state index in [1.54, 1.807) is 13.8 Å². The number of amides is 3. The molecule has 0 spiro atoms. The third kappa shape index (κ3) is 6.89. The lowest BCUT2D eigenvalue weighted by Crippen LogP contribution is -2.49. The van der Waals surface area contributed by atoms with Crippen molar-refractivity contribution in [2.75, 3.05) is 45.9 Å². The molecule has 9 heteroatoms. The molecular formula is C32H44FN5O3. The molecule has 2 atom stereocenters. The molecule has 0 radical (unpaired) electrons. The van der Waals surface area contributed by atoms with Crippen molar-refractivity contribution in [3.63, 3.8) is 0 Å². The number of rotatable bonds is 9. The van der Waals surface area contributed by atoms with Crippen molar-refractivity contribution in [2.24, 2.45) is 5.92 Å². The second-order valence-corrected chi connectivity index (χ2v) is 12.0. The second-order valence-electron chi connectivity index (χ2n) is 12.0. The van der Waals surface area contributed by atoms with E-state index in [0.29, 0.717) is 35.3 Å². The molecule has 3 amide bonds. The fourth-order valence-corrected chi connectivity index (χ4v) is 6.81. The number of nitrogens with zero attached hydrogens (tertiary/aromatic N) is 4. The van der Waals surface area contributed by atoms with Gasteiger partial charge in [0.25, 0.3) is 5.91 Å². The molecule has 1 N–H and O–H groups in total. The van der Waals surface area contributed by atoms with Gasteiger partial charge < -0.3 is 24.8 Å². The van der Waals surface area contributed by atoms with Crippen LogP contribution in [0.2, 0.25) is 0 Å². The number of halogens is 1. The highest BCUT2D eigenvalue weighted by Gasteiger charge is 2.43. The van der Waals surface area contributed by atoms with Crippen molar-refractivity contribution < 1.29 is 18.7 Å². The molecular weight excluding hydrogens is 521 g/mol. The van der Waals surface area contributed by atoms with Crippen LogP contribution in [0.1, 0.15) is 72.2 Å². The number of carbonyl (C=O) groups excluding carboxylic acids is 2. The summed E-state index contributed by atoms with van der Waals surface area (Å²) in [5, 5.41) is 3.00. The van der Waals surface area contributed by atoms with E-state index in [1.807, 2.05) is 6.07 Å². The van der Waals surface area contributed by atoms with E-state index in [4.69, 9.17) is 4.74 Å². The number of carbonyl (C=O) groups is 2. The van der Waals surface area contributed by atoms with Crippen LogP contribution in [-0.2, 0) is 4.74 Å². The van der Waals surface area contributed by atoms with Crippen molar-refractivity contribution in [3.8, 4) is 0 Å². The molecule has 41 heavy (non-hydrogen) atoms. The predicted molar refractivity (Wildman–Crippen MR) is 156 cm³/mol. The molecule has 5 rings (SSSR count). The SMILES string of the molecule is Cc1cc(F)nc(C)c1C(=O)NCCC(C)N1CCC(N2C(=O)N(CC3CCOCC3)C[C@H]2c2ccccc2)CC1. The number of piperidine rings is 1. The first-order chi connectivity index (χ1) is 19.8. The number of hydrogen-bond acceptors (Lipinski definition) is 5. The molecule has 3 aliphatic rings. The van der Waals surface area contributed by atoms with Gasteiger partial charge in [-0.1, -0.05) is 30.3 Å². The summed E-state index contributed by atoms with van der Waals surface area (Å²) in [5.41, 5.74) is 2.67. The van der Waals surface area contributed by atoms with E-state index in [9.17, 15) is 14.0 Å². The lowest BCUT2D eigenvalue weighted by atomic mass is 9.97. The van der Waals surface area contributed by atoms with Gasteiger partial charge in [0.05, 0.1) is 17.3 Å². The van der Waals surface area contributed by atoms with Crippen molar-refractivity contribution in [1.82, 2.24) is 25.0 Å². The Balaban J connectivity index is 1.15. The van der Waals surface area contributed by atoms with Gasteiger partial charge in [-0.15, -0.1) is 0 Å². The molecule has 3 fully saturated rings. The number of aryl methyl sites for hydroxylation is 2. The van der Waals surface area contributed by atoms with Crippen LogP contribution >= 0.6 is 0 Å². The molecule has 1 unspecified atom stereocenters. The summed E-state index contributed by atoms with van der Waals surface area (Å²) < 4.78 is 19.1. The molecule has 222 valence electrons. The fourth-order valence-electron chi connectivity index (χ4n) is 6.81. The number of likely N-dealkylation sites (tertiary alicyclic amines) is 1. The Bertz CT molecular complexity index is 1170. The number of hydrogen-bond donors (Lipinski definition) is 1. The maximum Gasteiger partial charge on any atom is 0.320 e. The molecule has 3 saturated heterocycles. The maximum absolute atomic E-state index is 13.8. The van der Waals surface area contributed by atoms with Gasteiger partial charge in [0.15, 0.2) is 0 Å².